The number of hydrogen-bond acceptors (Lipinski definition) is 3. The summed E-state index contributed by atoms with van der Waals surface area (Å²) in [5.74, 6) is -0.765. The zero-order chi connectivity index (χ0) is 21.8. The first-order chi connectivity index (χ1) is 14.9. The molecule has 0 saturated heterocycles. The van der Waals surface area contributed by atoms with Crippen molar-refractivity contribution in [3.05, 3.63) is 101 Å². The minimum absolute atomic E-state index is 0.107. The Morgan fingerprint density at radius 3 is 2.39 bits per heavy atom. The molecule has 1 heterocycles. The smallest absolute Gasteiger partial charge is 0.348 e. The van der Waals surface area contributed by atoms with Crippen LogP contribution in [0, 0.1) is 0 Å². The second-order valence-electron chi connectivity index (χ2n) is 6.83. The number of rotatable bonds is 5. The lowest BCUT2D eigenvalue weighted by molar-refractivity contribution is -0.137. The Morgan fingerprint density at radius 1 is 0.903 bits per heavy atom. The molecule has 0 aliphatic heterocycles. The second kappa shape index (κ2) is 8.73. The fourth-order valence-corrected chi connectivity index (χ4v) is 3.99. The van der Waals surface area contributed by atoms with Crippen LogP contribution in [0.2, 0.25) is 0 Å². The summed E-state index contributed by atoms with van der Waals surface area (Å²) < 4.78 is 39.5. The van der Waals surface area contributed by atoms with Gasteiger partial charge in [0.25, 0.3) is 5.91 Å². The van der Waals surface area contributed by atoms with Gasteiger partial charge >= 0.3 is 6.18 Å². The third-order valence-electron chi connectivity index (χ3n) is 4.68. The fourth-order valence-electron chi connectivity index (χ4n) is 3.17. The van der Waals surface area contributed by atoms with Crippen molar-refractivity contribution < 1.29 is 18.0 Å². The summed E-state index contributed by atoms with van der Waals surface area (Å²) >= 11 is 1.51. The first-order valence-corrected chi connectivity index (χ1v) is 10.3. The molecule has 0 fully saturated rings. The molecule has 0 aliphatic rings. The van der Waals surface area contributed by atoms with E-state index >= 15 is 0 Å². The number of nitrogens with zero attached hydrogens (tertiary/aromatic N) is 1. The Balaban J connectivity index is 1.49. The number of alkyl halides is 3. The molecule has 0 atom stereocenters. The monoisotopic (exact) mass is 438 g/mol. The molecule has 0 bridgehead atoms. The van der Waals surface area contributed by atoms with Crippen LogP contribution < -0.4 is 5.32 Å². The molecular weight excluding hydrogens is 421 g/mol. The number of halogens is 3. The Kier molecular flexibility index (Phi) is 5.86. The van der Waals surface area contributed by atoms with Gasteiger partial charge in [0.1, 0.15) is 5.01 Å². The predicted molar refractivity (Wildman–Crippen MR) is 116 cm³/mol. The van der Waals surface area contributed by atoms with Crippen LogP contribution in [0.4, 0.5) is 13.2 Å². The van der Waals surface area contributed by atoms with Gasteiger partial charge in [-0.05, 0) is 23.8 Å². The lowest BCUT2D eigenvalue weighted by atomic mass is 10.1. The average molecular weight is 438 g/mol. The van der Waals surface area contributed by atoms with Gasteiger partial charge in [-0.3, -0.25) is 4.79 Å². The third kappa shape index (κ3) is 4.83. The maximum atomic E-state index is 13.2. The number of carbonyl (C=O) groups excluding carboxylic acids is 1. The van der Waals surface area contributed by atoms with Crippen molar-refractivity contribution in [1.82, 2.24) is 10.3 Å². The lowest BCUT2D eigenvalue weighted by Gasteiger charge is -2.13. The van der Waals surface area contributed by atoms with E-state index < -0.39 is 23.2 Å². The lowest BCUT2D eigenvalue weighted by Crippen LogP contribution is -2.25. The Morgan fingerprint density at radius 2 is 1.61 bits per heavy atom. The molecule has 7 heteroatoms. The minimum Gasteiger partial charge on any atom is -0.348 e. The summed E-state index contributed by atoms with van der Waals surface area (Å²) in [4.78, 5) is 17.1. The molecule has 156 valence electrons. The van der Waals surface area contributed by atoms with Crippen molar-refractivity contribution in [3.63, 3.8) is 0 Å². The van der Waals surface area contributed by atoms with Crippen molar-refractivity contribution in [1.29, 1.82) is 0 Å². The highest BCUT2D eigenvalue weighted by atomic mass is 32.1. The molecule has 3 aromatic carbocycles. The van der Waals surface area contributed by atoms with Crippen LogP contribution in [0.15, 0.2) is 84.2 Å². The van der Waals surface area contributed by atoms with E-state index in [2.05, 4.69) is 10.3 Å². The summed E-state index contributed by atoms with van der Waals surface area (Å²) in [6.07, 6.45) is -4.59. The molecule has 0 unspecified atom stereocenters. The van der Waals surface area contributed by atoms with E-state index in [1.165, 1.54) is 29.5 Å². The first kappa shape index (κ1) is 20.8. The molecule has 0 aliphatic carbocycles. The third-order valence-corrected chi connectivity index (χ3v) is 5.57. The van der Waals surface area contributed by atoms with Gasteiger partial charge in [0.15, 0.2) is 0 Å². The van der Waals surface area contributed by atoms with Crippen LogP contribution in [0.5, 0.6) is 0 Å². The van der Waals surface area contributed by atoms with Gasteiger partial charge in [0, 0.05) is 23.1 Å². The molecule has 1 N–H and O–H groups in total. The van der Waals surface area contributed by atoms with Crippen molar-refractivity contribution >= 4 is 17.2 Å². The Labute approximate surface area is 181 Å². The summed E-state index contributed by atoms with van der Waals surface area (Å²) in [6, 6.07) is 22.0. The van der Waals surface area contributed by atoms with Crippen LogP contribution in [0.1, 0.15) is 21.5 Å². The molecule has 4 rings (SSSR count). The molecule has 0 spiro atoms. The number of aromatic nitrogens is 1. The maximum Gasteiger partial charge on any atom is 0.417 e. The molecule has 31 heavy (non-hydrogen) atoms. The number of thiazole rings is 1. The van der Waals surface area contributed by atoms with Gasteiger partial charge in [-0.15, -0.1) is 11.3 Å². The van der Waals surface area contributed by atoms with E-state index in [9.17, 15) is 18.0 Å². The van der Waals surface area contributed by atoms with E-state index in [0.29, 0.717) is 0 Å². The van der Waals surface area contributed by atoms with Gasteiger partial charge in [0.2, 0.25) is 0 Å². The molecular formula is C24H17F3N2OS. The van der Waals surface area contributed by atoms with E-state index in [1.54, 1.807) is 0 Å². The van der Waals surface area contributed by atoms with Crippen LogP contribution in [-0.2, 0) is 12.7 Å². The van der Waals surface area contributed by atoms with Crippen LogP contribution in [0.3, 0.4) is 0 Å². The van der Waals surface area contributed by atoms with Crippen molar-refractivity contribution in [2.75, 3.05) is 0 Å². The van der Waals surface area contributed by atoms with E-state index in [0.717, 1.165) is 33.5 Å². The molecule has 1 aromatic heterocycles. The predicted octanol–water partition coefficient (Wildman–Crippen LogP) is 6.43. The second-order valence-corrected chi connectivity index (χ2v) is 7.69. The topological polar surface area (TPSA) is 42.0 Å². The number of carbonyl (C=O) groups is 1. The average Bonchev–Trinajstić information content (AvgIpc) is 3.28. The summed E-state index contributed by atoms with van der Waals surface area (Å²) in [5, 5.41) is 5.39. The Bertz CT molecular complexity index is 1200. The zero-order valence-corrected chi connectivity index (χ0v) is 17.0. The van der Waals surface area contributed by atoms with Gasteiger partial charge in [-0.25, -0.2) is 4.98 Å². The molecule has 3 nitrogen and oxygen atoms in total. The summed E-state index contributed by atoms with van der Waals surface area (Å²) in [7, 11) is 0. The van der Waals surface area contributed by atoms with Crippen LogP contribution >= 0.6 is 11.3 Å². The fraction of sp³-hybridized carbons (Fsp3) is 0.0833. The minimum atomic E-state index is -4.59. The summed E-state index contributed by atoms with van der Waals surface area (Å²) in [5.41, 5.74) is 2.22. The zero-order valence-electron chi connectivity index (χ0n) is 16.2. The maximum absolute atomic E-state index is 13.2. The molecule has 4 aromatic rings. The largest absolute Gasteiger partial charge is 0.417 e. The van der Waals surface area contributed by atoms with Crippen molar-refractivity contribution in [2.24, 2.45) is 0 Å². The quantitative estimate of drug-likeness (QED) is 0.390. The normalized spacial score (nSPS) is 11.3. The number of amides is 1. The van der Waals surface area contributed by atoms with Gasteiger partial charge in [-0.2, -0.15) is 13.2 Å². The van der Waals surface area contributed by atoms with E-state index in [1.807, 2.05) is 60.0 Å². The Hall–Kier alpha value is -3.45. The highest BCUT2D eigenvalue weighted by Crippen LogP contribution is 2.32. The van der Waals surface area contributed by atoms with Gasteiger partial charge in [-0.1, -0.05) is 60.7 Å². The number of hydrogen-bond donors (Lipinski definition) is 1. The van der Waals surface area contributed by atoms with Crippen LogP contribution in [-0.4, -0.2) is 10.9 Å². The van der Waals surface area contributed by atoms with Crippen molar-refractivity contribution in [2.45, 2.75) is 12.7 Å². The number of benzene rings is 3. The van der Waals surface area contributed by atoms with Gasteiger partial charge < -0.3 is 5.32 Å². The number of nitrogens with one attached hydrogen (secondary N) is 1. The summed E-state index contributed by atoms with van der Waals surface area (Å²) in [6.45, 7) is 0.107. The van der Waals surface area contributed by atoms with Crippen LogP contribution in [0.25, 0.3) is 21.8 Å². The highest BCUT2D eigenvalue weighted by molar-refractivity contribution is 7.13. The van der Waals surface area contributed by atoms with Gasteiger partial charge in [0.05, 0.1) is 16.8 Å². The van der Waals surface area contributed by atoms with Crippen molar-refractivity contribution in [3.8, 4) is 21.8 Å². The highest BCUT2D eigenvalue weighted by Gasteiger charge is 2.34. The molecule has 0 radical (unpaired) electrons. The molecule has 1 amide bonds. The van der Waals surface area contributed by atoms with E-state index in [-0.39, 0.29) is 6.54 Å². The SMILES string of the molecule is O=C(NCc1cccc(-c2nc(-c3ccccc3)cs2)c1)c1ccccc1C(F)(F)F. The standard InChI is InChI=1S/C24H17F3N2OS/c25-24(26,27)20-12-5-4-11-19(20)22(30)28-14-16-7-6-10-18(13-16)23-29-21(15-31-23)17-8-2-1-3-9-17/h1-13,15H,14H2,(H,28,30). The first-order valence-electron chi connectivity index (χ1n) is 9.46. The van der Waals surface area contributed by atoms with E-state index in [4.69, 9.17) is 0 Å². The molecule has 0 saturated carbocycles.